The first-order valence-electron chi connectivity index (χ1n) is 8.20. The zero-order valence-electron chi connectivity index (χ0n) is 13.9. The number of nitrogens with zero attached hydrogens (tertiary/aromatic N) is 4. The Labute approximate surface area is 150 Å². The van der Waals surface area contributed by atoms with E-state index in [0.717, 1.165) is 10.8 Å². The molecule has 0 bridgehead atoms. The van der Waals surface area contributed by atoms with Crippen molar-refractivity contribution >= 4 is 23.7 Å². The number of nitrogens with one attached hydrogen (secondary N) is 1. The molecule has 2 aliphatic rings. The number of hydrogen-bond donors (Lipinski definition) is 1. The molecule has 1 aromatic carbocycles. The molecule has 0 aliphatic carbocycles. The Balaban J connectivity index is 1.54. The minimum Gasteiger partial charge on any atom is -0.336 e. The van der Waals surface area contributed by atoms with Gasteiger partial charge in [-0.15, -0.1) is 0 Å². The highest BCUT2D eigenvalue weighted by Gasteiger charge is 2.39. The first-order chi connectivity index (χ1) is 12.2. The Morgan fingerprint density at radius 3 is 2.68 bits per heavy atom. The van der Waals surface area contributed by atoms with Gasteiger partial charge in [-0.05, 0) is 18.4 Å². The summed E-state index contributed by atoms with van der Waals surface area (Å²) in [6.45, 7) is 2.53. The van der Waals surface area contributed by atoms with Gasteiger partial charge in [-0.25, -0.2) is 9.78 Å². The standard InChI is InChI=1S/C17H19N5O2S/c1-25-17-19-9-14(22(17)12-5-3-2-4-6-12)15(23)20-10-13(11-20)21-8-7-18-16(21)24/h2-6,9,13H,7-8,10-11H2,1H3,(H,18,24). The largest absolute Gasteiger partial charge is 0.336 e. The monoisotopic (exact) mass is 357 g/mol. The van der Waals surface area contributed by atoms with E-state index in [4.69, 9.17) is 0 Å². The number of amides is 3. The van der Waals surface area contributed by atoms with Gasteiger partial charge in [-0.1, -0.05) is 30.0 Å². The Bertz CT molecular complexity index is 801. The summed E-state index contributed by atoms with van der Waals surface area (Å²) < 4.78 is 1.89. The molecule has 1 aromatic heterocycles. The van der Waals surface area contributed by atoms with Crippen LogP contribution in [0.2, 0.25) is 0 Å². The Hall–Kier alpha value is -2.48. The van der Waals surface area contributed by atoms with Crippen molar-refractivity contribution in [2.45, 2.75) is 11.2 Å². The van der Waals surface area contributed by atoms with Crippen LogP contribution in [0.15, 0.2) is 41.7 Å². The first-order valence-corrected chi connectivity index (χ1v) is 9.42. The number of thioether (sulfide) groups is 1. The first kappa shape index (κ1) is 16.0. The van der Waals surface area contributed by atoms with Crippen molar-refractivity contribution in [2.24, 2.45) is 0 Å². The molecule has 8 heteroatoms. The number of likely N-dealkylation sites (tertiary alicyclic amines) is 1. The van der Waals surface area contributed by atoms with E-state index < -0.39 is 0 Å². The molecule has 1 N–H and O–H groups in total. The number of carbonyl (C=O) groups excluding carboxylic acids is 2. The molecule has 130 valence electrons. The van der Waals surface area contributed by atoms with Crippen molar-refractivity contribution in [3.63, 3.8) is 0 Å². The maximum atomic E-state index is 12.9. The van der Waals surface area contributed by atoms with E-state index in [-0.39, 0.29) is 18.0 Å². The summed E-state index contributed by atoms with van der Waals surface area (Å²) in [4.78, 5) is 32.6. The lowest BCUT2D eigenvalue weighted by molar-refractivity contribution is 0.0399. The topological polar surface area (TPSA) is 70.5 Å². The molecule has 2 fully saturated rings. The van der Waals surface area contributed by atoms with Crippen molar-refractivity contribution in [1.82, 2.24) is 24.7 Å². The van der Waals surface area contributed by atoms with Gasteiger partial charge in [0.15, 0.2) is 5.16 Å². The van der Waals surface area contributed by atoms with E-state index in [0.29, 0.717) is 31.9 Å². The van der Waals surface area contributed by atoms with Crippen LogP contribution in [0.3, 0.4) is 0 Å². The molecule has 2 aliphatic heterocycles. The van der Waals surface area contributed by atoms with E-state index in [1.54, 1.807) is 11.1 Å². The molecule has 3 heterocycles. The molecular formula is C17H19N5O2S. The van der Waals surface area contributed by atoms with Crippen molar-refractivity contribution in [3.8, 4) is 5.69 Å². The van der Waals surface area contributed by atoms with E-state index in [1.165, 1.54) is 11.8 Å². The van der Waals surface area contributed by atoms with Crippen LogP contribution in [0.5, 0.6) is 0 Å². The molecule has 3 amide bonds. The SMILES string of the molecule is CSc1ncc(C(=O)N2CC(N3CCNC3=O)C2)n1-c1ccccc1. The van der Waals surface area contributed by atoms with Crippen LogP contribution in [0.4, 0.5) is 4.79 Å². The fraction of sp³-hybridized carbons (Fsp3) is 0.353. The highest BCUT2D eigenvalue weighted by Crippen LogP contribution is 2.25. The summed E-state index contributed by atoms with van der Waals surface area (Å²) in [6.07, 6.45) is 3.58. The summed E-state index contributed by atoms with van der Waals surface area (Å²) >= 11 is 1.51. The van der Waals surface area contributed by atoms with Gasteiger partial charge < -0.3 is 15.1 Å². The molecule has 2 saturated heterocycles. The number of imidazole rings is 1. The molecule has 0 spiro atoms. The van der Waals surface area contributed by atoms with E-state index in [9.17, 15) is 9.59 Å². The number of carbonyl (C=O) groups is 2. The maximum absolute atomic E-state index is 12.9. The summed E-state index contributed by atoms with van der Waals surface area (Å²) in [5.74, 6) is -0.0486. The van der Waals surface area contributed by atoms with Crippen LogP contribution in [0.25, 0.3) is 5.69 Å². The van der Waals surface area contributed by atoms with Crippen LogP contribution in [-0.4, -0.2) is 69.8 Å². The molecule has 25 heavy (non-hydrogen) atoms. The predicted molar refractivity (Wildman–Crippen MR) is 95.1 cm³/mol. The van der Waals surface area contributed by atoms with Crippen molar-refractivity contribution in [1.29, 1.82) is 0 Å². The summed E-state index contributed by atoms with van der Waals surface area (Å²) in [5, 5.41) is 3.59. The third-order valence-electron chi connectivity index (χ3n) is 4.63. The smallest absolute Gasteiger partial charge is 0.317 e. The van der Waals surface area contributed by atoms with Gasteiger partial charge in [0.2, 0.25) is 0 Å². The Morgan fingerprint density at radius 2 is 2.04 bits per heavy atom. The highest BCUT2D eigenvalue weighted by molar-refractivity contribution is 7.98. The van der Waals surface area contributed by atoms with Crippen LogP contribution in [0, 0.1) is 0 Å². The van der Waals surface area contributed by atoms with Gasteiger partial charge in [-0.2, -0.15) is 0 Å². The fourth-order valence-corrected chi connectivity index (χ4v) is 3.82. The molecule has 2 aromatic rings. The second kappa shape index (κ2) is 6.44. The second-order valence-electron chi connectivity index (χ2n) is 6.09. The summed E-state index contributed by atoms with van der Waals surface area (Å²) in [6, 6.07) is 9.84. The number of para-hydroxylation sites is 1. The van der Waals surface area contributed by atoms with Crippen molar-refractivity contribution in [2.75, 3.05) is 32.4 Å². The number of benzene rings is 1. The predicted octanol–water partition coefficient (Wildman–Crippen LogP) is 1.44. The molecular weight excluding hydrogens is 338 g/mol. The lowest BCUT2D eigenvalue weighted by Gasteiger charge is -2.43. The zero-order valence-corrected chi connectivity index (χ0v) is 14.7. The van der Waals surface area contributed by atoms with E-state index in [2.05, 4.69) is 10.3 Å². The van der Waals surface area contributed by atoms with E-state index in [1.807, 2.05) is 46.1 Å². The third-order valence-corrected chi connectivity index (χ3v) is 5.28. The maximum Gasteiger partial charge on any atom is 0.317 e. The zero-order chi connectivity index (χ0) is 17.4. The minimum absolute atomic E-state index is 0.0314. The van der Waals surface area contributed by atoms with Crippen LogP contribution in [0.1, 0.15) is 10.5 Å². The van der Waals surface area contributed by atoms with Crippen molar-refractivity contribution in [3.05, 3.63) is 42.2 Å². The fourth-order valence-electron chi connectivity index (χ4n) is 3.27. The minimum atomic E-state index is -0.0486. The third kappa shape index (κ3) is 2.76. The van der Waals surface area contributed by atoms with Crippen LogP contribution >= 0.6 is 11.8 Å². The van der Waals surface area contributed by atoms with Crippen molar-refractivity contribution < 1.29 is 9.59 Å². The average Bonchev–Trinajstić information content (AvgIpc) is 3.20. The van der Waals surface area contributed by atoms with Gasteiger partial charge in [-0.3, -0.25) is 9.36 Å². The van der Waals surface area contributed by atoms with Gasteiger partial charge >= 0.3 is 6.03 Å². The Morgan fingerprint density at radius 1 is 1.28 bits per heavy atom. The summed E-state index contributed by atoms with van der Waals surface area (Å²) in [5.41, 5.74) is 1.48. The summed E-state index contributed by atoms with van der Waals surface area (Å²) in [7, 11) is 0. The number of aromatic nitrogens is 2. The number of urea groups is 1. The quantitative estimate of drug-likeness (QED) is 0.841. The van der Waals surface area contributed by atoms with Gasteiger partial charge in [0.05, 0.1) is 12.2 Å². The molecule has 0 unspecified atom stereocenters. The van der Waals surface area contributed by atoms with Gasteiger partial charge in [0.1, 0.15) is 5.69 Å². The van der Waals surface area contributed by atoms with Crippen LogP contribution in [-0.2, 0) is 0 Å². The van der Waals surface area contributed by atoms with Gasteiger partial charge in [0.25, 0.3) is 5.91 Å². The normalized spacial score (nSPS) is 17.6. The highest BCUT2D eigenvalue weighted by atomic mass is 32.2. The van der Waals surface area contributed by atoms with Crippen LogP contribution < -0.4 is 5.32 Å². The molecule has 0 radical (unpaired) electrons. The van der Waals surface area contributed by atoms with E-state index >= 15 is 0 Å². The lowest BCUT2D eigenvalue weighted by atomic mass is 10.1. The molecule has 7 nitrogen and oxygen atoms in total. The second-order valence-corrected chi connectivity index (χ2v) is 6.86. The molecule has 0 saturated carbocycles. The van der Waals surface area contributed by atoms with Gasteiger partial charge in [0, 0.05) is 31.9 Å². The molecule has 0 atom stereocenters. The Kier molecular flexibility index (Phi) is 4.12. The lowest BCUT2D eigenvalue weighted by Crippen LogP contribution is -2.61. The molecule has 4 rings (SSSR count). The number of rotatable bonds is 4. The number of hydrogen-bond acceptors (Lipinski definition) is 4. The average molecular weight is 357 g/mol.